The molecule has 1 aliphatic heterocycles. The molecule has 0 aromatic heterocycles. The van der Waals surface area contributed by atoms with E-state index in [0.717, 1.165) is 0 Å². The van der Waals surface area contributed by atoms with Gasteiger partial charge in [-0.15, -0.1) is 0 Å². The summed E-state index contributed by atoms with van der Waals surface area (Å²) in [6.07, 6.45) is 0. The number of hydrogen-bond acceptors (Lipinski definition) is 6. The Labute approximate surface area is 183 Å². The van der Waals surface area contributed by atoms with Crippen LogP contribution in [0.3, 0.4) is 0 Å². The van der Waals surface area contributed by atoms with Gasteiger partial charge in [-0.1, -0.05) is 6.92 Å². The van der Waals surface area contributed by atoms with Crippen LogP contribution in [0.1, 0.15) is 24.2 Å². The summed E-state index contributed by atoms with van der Waals surface area (Å²) in [4.78, 5) is 14.7. The Morgan fingerprint density at radius 3 is 1.90 bits per heavy atom. The molecule has 0 unspecified atom stereocenters. The van der Waals surface area contributed by atoms with Crippen molar-refractivity contribution in [2.24, 2.45) is 0 Å². The van der Waals surface area contributed by atoms with E-state index in [4.69, 9.17) is 4.74 Å². The highest BCUT2D eigenvalue weighted by atomic mass is 32.2. The van der Waals surface area contributed by atoms with Gasteiger partial charge in [0.15, 0.2) is 9.84 Å². The lowest BCUT2D eigenvalue weighted by atomic mass is 10.2. The molecule has 2 aromatic rings. The third-order valence-corrected chi connectivity index (χ3v) is 8.80. The molecule has 0 atom stereocenters. The van der Waals surface area contributed by atoms with Crippen molar-refractivity contribution in [1.29, 1.82) is 0 Å². The van der Waals surface area contributed by atoms with Gasteiger partial charge in [0.25, 0.3) is 5.91 Å². The highest BCUT2D eigenvalue weighted by Gasteiger charge is 2.30. The van der Waals surface area contributed by atoms with Crippen molar-refractivity contribution in [2.45, 2.75) is 23.6 Å². The Morgan fingerprint density at radius 1 is 0.839 bits per heavy atom. The molecule has 1 aliphatic rings. The summed E-state index contributed by atoms with van der Waals surface area (Å²) in [5.41, 5.74) is 0.373. The number of amides is 1. The van der Waals surface area contributed by atoms with Crippen LogP contribution in [-0.4, -0.2) is 70.5 Å². The van der Waals surface area contributed by atoms with Gasteiger partial charge >= 0.3 is 0 Å². The number of carbonyl (C=O) groups is 1. The Morgan fingerprint density at radius 2 is 1.39 bits per heavy atom. The predicted octanol–water partition coefficient (Wildman–Crippen LogP) is 2.03. The molecule has 2 aromatic carbocycles. The average Bonchev–Trinajstić information content (AvgIpc) is 2.79. The Hall–Kier alpha value is -2.43. The first-order chi connectivity index (χ1) is 14.7. The maximum atomic E-state index is 12.9. The number of hydrogen-bond donors (Lipinski definition) is 0. The normalized spacial score (nSPS) is 15.6. The summed E-state index contributed by atoms with van der Waals surface area (Å²) in [7, 11) is -6.99. The van der Waals surface area contributed by atoms with Gasteiger partial charge in [-0.25, -0.2) is 16.8 Å². The summed E-state index contributed by atoms with van der Waals surface area (Å²) in [6, 6.07) is 12.1. The van der Waals surface area contributed by atoms with Crippen molar-refractivity contribution in [2.75, 3.05) is 38.5 Å². The fraction of sp³-hybridized carbons (Fsp3) is 0.381. The van der Waals surface area contributed by atoms with Crippen molar-refractivity contribution in [3.05, 3.63) is 54.1 Å². The summed E-state index contributed by atoms with van der Waals surface area (Å²) >= 11 is 0. The molecule has 8 nitrogen and oxygen atoms in total. The standard InChI is InChI=1S/C21H26N2O6S2/c1-3-29-18-7-11-20(12-8-18)31(27,28)23-15-13-22(14-16-23)21(24)17-5-9-19(10-6-17)30(25,26)4-2/h5-12H,3-4,13-16H2,1-2H3. The lowest BCUT2D eigenvalue weighted by molar-refractivity contribution is 0.0698. The van der Waals surface area contributed by atoms with E-state index in [9.17, 15) is 21.6 Å². The molecule has 1 heterocycles. The van der Waals surface area contributed by atoms with Crippen molar-refractivity contribution in [1.82, 2.24) is 9.21 Å². The number of carbonyl (C=O) groups excluding carboxylic acids is 1. The number of piperazine rings is 1. The molecule has 168 valence electrons. The smallest absolute Gasteiger partial charge is 0.253 e. The fourth-order valence-corrected chi connectivity index (χ4v) is 5.62. The number of rotatable bonds is 7. The zero-order valence-corrected chi connectivity index (χ0v) is 19.2. The van der Waals surface area contributed by atoms with E-state index < -0.39 is 19.9 Å². The molecule has 0 radical (unpaired) electrons. The van der Waals surface area contributed by atoms with E-state index in [1.807, 2.05) is 6.92 Å². The quantitative estimate of drug-likeness (QED) is 0.619. The van der Waals surface area contributed by atoms with E-state index in [1.165, 1.54) is 40.7 Å². The molecule has 1 saturated heterocycles. The first-order valence-electron chi connectivity index (χ1n) is 10.0. The Kier molecular flexibility index (Phi) is 7.03. The third-order valence-electron chi connectivity index (χ3n) is 5.14. The second-order valence-electron chi connectivity index (χ2n) is 7.03. The highest BCUT2D eigenvalue weighted by molar-refractivity contribution is 7.91. The number of benzene rings is 2. The van der Waals surface area contributed by atoms with Gasteiger partial charge in [-0.3, -0.25) is 4.79 Å². The molecular weight excluding hydrogens is 440 g/mol. The number of sulfonamides is 1. The van der Waals surface area contributed by atoms with E-state index >= 15 is 0 Å². The number of nitrogens with zero attached hydrogens (tertiary/aromatic N) is 2. The lowest BCUT2D eigenvalue weighted by Gasteiger charge is -2.34. The molecule has 31 heavy (non-hydrogen) atoms. The van der Waals surface area contributed by atoms with Crippen molar-refractivity contribution in [3.63, 3.8) is 0 Å². The minimum Gasteiger partial charge on any atom is -0.494 e. The van der Waals surface area contributed by atoms with E-state index in [1.54, 1.807) is 24.0 Å². The molecule has 10 heteroatoms. The summed E-state index contributed by atoms with van der Waals surface area (Å²) in [5.74, 6) is 0.346. The van der Waals surface area contributed by atoms with Crippen LogP contribution in [0.4, 0.5) is 0 Å². The highest BCUT2D eigenvalue weighted by Crippen LogP contribution is 2.22. The Bertz CT molecular complexity index is 1120. The first-order valence-corrected chi connectivity index (χ1v) is 13.1. The van der Waals surface area contributed by atoms with Gasteiger partial charge in [0.2, 0.25) is 10.0 Å². The van der Waals surface area contributed by atoms with E-state index in [-0.39, 0.29) is 47.6 Å². The molecule has 1 fully saturated rings. The molecule has 1 amide bonds. The molecular formula is C21H26N2O6S2. The first kappa shape index (κ1) is 23.2. The van der Waals surface area contributed by atoms with Gasteiger partial charge in [-0.05, 0) is 55.5 Å². The largest absolute Gasteiger partial charge is 0.494 e. The van der Waals surface area contributed by atoms with Crippen LogP contribution in [0.2, 0.25) is 0 Å². The average molecular weight is 467 g/mol. The number of sulfone groups is 1. The monoisotopic (exact) mass is 466 g/mol. The van der Waals surface area contributed by atoms with Crippen molar-refractivity contribution < 1.29 is 26.4 Å². The summed E-state index contributed by atoms with van der Waals surface area (Å²) in [5, 5.41) is 0. The van der Waals surface area contributed by atoms with Crippen molar-refractivity contribution >= 4 is 25.8 Å². The molecule has 0 aliphatic carbocycles. The maximum Gasteiger partial charge on any atom is 0.253 e. The minimum atomic E-state index is -3.66. The third kappa shape index (κ3) is 5.08. The molecule has 0 spiro atoms. The van der Waals surface area contributed by atoms with Gasteiger partial charge in [-0.2, -0.15) is 4.31 Å². The summed E-state index contributed by atoms with van der Waals surface area (Å²) in [6.45, 7) is 4.79. The number of ether oxygens (including phenoxy) is 1. The van der Waals surface area contributed by atoms with Gasteiger partial charge < -0.3 is 9.64 Å². The molecule has 0 saturated carbocycles. The zero-order valence-electron chi connectivity index (χ0n) is 17.5. The topological polar surface area (TPSA) is 101 Å². The second kappa shape index (κ2) is 9.37. The Balaban J connectivity index is 1.65. The maximum absolute atomic E-state index is 12.9. The van der Waals surface area contributed by atoms with Gasteiger partial charge in [0.05, 0.1) is 22.2 Å². The SMILES string of the molecule is CCOc1ccc(S(=O)(=O)N2CCN(C(=O)c3ccc(S(=O)(=O)CC)cc3)CC2)cc1. The second-order valence-corrected chi connectivity index (χ2v) is 11.2. The summed E-state index contributed by atoms with van der Waals surface area (Å²) < 4.78 is 56.3. The lowest BCUT2D eigenvalue weighted by Crippen LogP contribution is -2.50. The van der Waals surface area contributed by atoms with Gasteiger partial charge in [0, 0.05) is 31.7 Å². The van der Waals surface area contributed by atoms with Crippen LogP contribution in [-0.2, 0) is 19.9 Å². The zero-order chi connectivity index (χ0) is 22.6. The molecule has 0 N–H and O–H groups in total. The van der Waals surface area contributed by atoms with E-state index in [2.05, 4.69) is 0 Å². The van der Waals surface area contributed by atoms with Crippen LogP contribution in [0.15, 0.2) is 58.3 Å². The minimum absolute atomic E-state index is 0.00885. The van der Waals surface area contributed by atoms with Crippen LogP contribution in [0.25, 0.3) is 0 Å². The van der Waals surface area contributed by atoms with Crippen LogP contribution >= 0.6 is 0 Å². The van der Waals surface area contributed by atoms with Gasteiger partial charge in [0.1, 0.15) is 5.75 Å². The molecule has 0 bridgehead atoms. The van der Waals surface area contributed by atoms with Crippen molar-refractivity contribution in [3.8, 4) is 5.75 Å². The van der Waals surface area contributed by atoms with Crippen LogP contribution < -0.4 is 4.74 Å². The molecule has 3 rings (SSSR count). The fourth-order valence-electron chi connectivity index (χ4n) is 3.31. The predicted molar refractivity (Wildman–Crippen MR) is 116 cm³/mol. The van der Waals surface area contributed by atoms with Crippen LogP contribution in [0.5, 0.6) is 5.75 Å². The van der Waals surface area contributed by atoms with E-state index in [0.29, 0.717) is 17.9 Å². The van der Waals surface area contributed by atoms with Crippen LogP contribution in [0, 0.1) is 0 Å².